The smallest absolute Gasteiger partial charge is 0.281 e. The molecule has 1 aliphatic rings. The molecule has 0 radical (unpaired) electrons. The molecule has 0 aliphatic carbocycles. The van der Waals surface area contributed by atoms with Crippen LogP contribution in [0.2, 0.25) is 0 Å². The molecular weight excluding hydrogens is 332 g/mol. The first-order chi connectivity index (χ1) is 11.2. The van der Waals surface area contributed by atoms with Gasteiger partial charge in [0.15, 0.2) is 0 Å². The zero-order chi connectivity index (χ0) is 17.9. The lowest BCUT2D eigenvalue weighted by molar-refractivity contribution is -0.120. The number of nitrogens with zero attached hydrogens (tertiary/aromatic N) is 2. The fourth-order valence-corrected chi connectivity index (χ4v) is 3.75. The Bertz CT molecular complexity index is 715. The summed E-state index contributed by atoms with van der Waals surface area (Å²) in [6.45, 7) is 0.573. The Balaban J connectivity index is 2.03. The highest BCUT2D eigenvalue weighted by atomic mass is 32.2. The molecule has 2 rings (SSSR count). The predicted molar refractivity (Wildman–Crippen MR) is 90.5 cm³/mol. The van der Waals surface area contributed by atoms with Crippen molar-refractivity contribution in [3.05, 3.63) is 29.8 Å². The van der Waals surface area contributed by atoms with Crippen LogP contribution < -0.4 is 11.1 Å². The number of nitrogens with two attached hydrogens (primary N) is 1. The number of hydrogen-bond acceptors (Lipinski definition) is 4. The molecule has 3 N–H and O–H groups in total. The van der Waals surface area contributed by atoms with Crippen molar-refractivity contribution in [2.45, 2.75) is 12.8 Å². The lowest BCUT2D eigenvalue weighted by Crippen LogP contribution is -2.47. The average molecular weight is 354 g/mol. The SMILES string of the molecule is CN(C)S(=O)(=O)N1CCC[C@@H](C(=O)Nc2ccc(C(N)=O)cc2)C1. The fourth-order valence-electron chi connectivity index (χ4n) is 2.56. The van der Waals surface area contributed by atoms with E-state index in [1.165, 1.54) is 30.5 Å². The third-order valence-corrected chi connectivity index (χ3v) is 5.89. The Hall–Kier alpha value is -1.97. The van der Waals surface area contributed by atoms with Gasteiger partial charge in [0.05, 0.1) is 5.92 Å². The van der Waals surface area contributed by atoms with Crippen molar-refractivity contribution in [1.82, 2.24) is 8.61 Å². The quantitative estimate of drug-likeness (QED) is 0.788. The summed E-state index contributed by atoms with van der Waals surface area (Å²) >= 11 is 0. The Morgan fingerprint density at radius 1 is 1.25 bits per heavy atom. The van der Waals surface area contributed by atoms with Crippen molar-refractivity contribution in [2.75, 3.05) is 32.5 Å². The number of primary amides is 1. The first kappa shape index (κ1) is 18.4. The van der Waals surface area contributed by atoms with E-state index < -0.39 is 22.0 Å². The van der Waals surface area contributed by atoms with Gasteiger partial charge in [-0.2, -0.15) is 17.0 Å². The third-order valence-electron chi connectivity index (χ3n) is 3.98. The van der Waals surface area contributed by atoms with Gasteiger partial charge >= 0.3 is 0 Å². The molecule has 0 saturated carbocycles. The van der Waals surface area contributed by atoms with Crippen LogP contribution in [0.5, 0.6) is 0 Å². The van der Waals surface area contributed by atoms with Crippen LogP contribution in [0.1, 0.15) is 23.2 Å². The van der Waals surface area contributed by atoms with Gasteiger partial charge in [-0.3, -0.25) is 9.59 Å². The monoisotopic (exact) mass is 354 g/mol. The van der Waals surface area contributed by atoms with Crippen molar-refractivity contribution >= 4 is 27.7 Å². The second kappa shape index (κ2) is 7.29. The minimum absolute atomic E-state index is 0.158. The molecule has 0 aromatic heterocycles. The molecular formula is C15H22N4O4S. The highest BCUT2D eigenvalue weighted by Crippen LogP contribution is 2.22. The Morgan fingerprint density at radius 3 is 2.42 bits per heavy atom. The Labute approximate surface area is 141 Å². The maximum Gasteiger partial charge on any atom is 0.281 e. The normalized spacial score (nSPS) is 19.2. The van der Waals surface area contributed by atoms with Crippen molar-refractivity contribution in [3.8, 4) is 0 Å². The molecule has 1 aromatic carbocycles. The number of piperidine rings is 1. The maximum atomic E-state index is 12.4. The van der Waals surface area contributed by atoms with E-state index in [2.05, 4.69) is 5.32 Å². The van der Waals surface area contributed by atoms with Crippen molar-refractivity contribution in [2.24, 2.45) is 11.7 Å². The molecule has 0 bridgehead atoms. The molecule has 2 amide bonds. The van der Waals surface area contributed by atoms with Gasteiger partial charge in [-0.05, 0) is 37.1 Å². The molecule has 1 saturated heterocycles. The number of amides is 2. The van der Waals surface area contributed by atoms with Crippen molar-refractivity contribution < 1.29 is 18.0 Å². The zero-order valence-corrected chi connectivity index (χ0v) is 14.5. The number of hydrogen-bond donors (Lipinski definition) is 2. The lowest BCUT2D eigenvalue weighted by atomic mass is 9.98. The summed E-state index contributed by atoms with van der Waals surface area (Å²) in [6.07, 6.45) is 1.26. The molecule has 1 aliphatic heterocycles. The van der Waals surface area contributed by atoms with Crippen LogP contribution in [-0.4, -0.2) is 56.0 Å². The van der Waals surface area contributed by atoms with Crippen LogP contribution in [0, 0.1) is 5.92 Å². The van der Waals surface area contributed by atoms with Gasteiger partial charge in [-0.1, -0.05) is 0 Å². The van der Waals surface area contributed by atoms with Crippen LogP contribution in [0.3, 0.4) is 0 Å². The van der Waals surface area contributed by atoms with Crippen LogP contribution in [-0.2, 0) is 15.0 Å². The summed E-state index contributed by atoms with van der Waals surface area (Å²) in [6, 6.07) is 6.24. The second-order valence-electron chi connectivity index (χ2n) is 5.92. The number of anilines is 1. The van der Waals surface area contributed by atoms with Gasteiger partial charge in [0.1, 0.15) is 0 Å². The molecule has 132 valence electrons. The number of carbonyl (C=O) groups excluding carboxylic acids is 2. The highest BCUT2D eigenvalue weighted by Gasteiger charge is 2.33. The molecule has 1 fully saturated rings. The van der Waals surface area contributed by atoms with Gasteiger partial charge in [0.25, 0.3) is 10.2 Å². The van der Waals surface area contributed by atoms with E-state index in [0.717, 1.165) is 4.31 Å². The lowest BCUT2D eigenvalue weighted by Gasteiger charge is -2.32. The Kier molecular flexibility index (Phi) is 5.58. The molecule has 0 unspecified atom stereocenters. The summed E-state index contributed by atoms with van der Waals surface area (Å²) in [5.74, 6) is -1.19. The second-order valence-corrected chi connectivity index (χ2v) is 8.06. The van der Waals surface area contributed by atoms with Crippen LogP contribution in [0.4, 0.5) is 5.69 Å². The fraction of sp³-hybridized carbons (Fsp3) is 0.467. The molecule has 8 nitrogen and oxygen atoms in total. The number of carbonyl (C=O) groups is 2. The standard InChI is InChI=1S/C15H22N4O4S/c1-18(2)24(22,23)19-9-3-4-12(10-19)15(21)17-13-7-5-11(6-8-13)14(16)20/h5-8,12H,3-4,9-10H2,1-2H3,(H2,16,20)(H,17,21)/t12-/m1/s1. The topological polar surface area (TPSA) is 113 Å². The summed E-state index contributed by atoms with van der Waals surface area (Å²) in [4.78, 5) is 23.4. The van der Waals surface area contributed by atoms with Gasteiger partial charge in [-0.25, -0.2) is 0 Å². The van der Waals surface area contributed by atoms with Gasteiger partial charge in [0.2, 0.25) is 11.8 Å². The van der Waals surface area contributed by atoms with Gasteiger partial charge in [0, 0.05) is 38.4 Å². The average Bonchev–Trinajstić information content (AvgIpc) is 2.55. The minimum atomic E-state index is -3.52. The van der Waals surface area contributed by atoms with E-state index in [0.29, 0.717) is 30.6 Å². The molecule has 1 heterocycles. The third kappa shape index (κ3) is 4.11. The van der Waals surface area contributed by atoms with Crippen molar-refractivity contribution in [3.63, 3.8) is 0 Å². The largest absolute Gasteiger partial charge is 0.366 e. The summed E-state index contributed by atoms with van der Waals surface area (Å²) in [5, 5.41) is 2.75. The van der Waals surface area contributed by atoms with E-state index in [4.69, 9.17) is 5.73 Å². The first-order valence-corrected chi connectivity index (χ1v) is 9.00. The van der Waals surface area contributed by atoms with Crippen molar-refractivity contribution in [1.29, 1.82) is 0 Å². The molecule has 24 heavy (non-hydrogen) atoms. The van der Waals surface area contributed by atoms with E-state index in [1.807, 2.05) is 0 Å². The summed E-state index contributed by atoms with van der Waals surface area (Å²) in [7, 11) is -0.576. The maximum absolute atomic E-state index is 12.4. The van der Waals surface area contributed by atoms with Gasteiger partial charge < -0.3 is 11.1 Å². The summed E-state index contributed by atoms with van der Waals surface area (Å²) in [5.41, 5.74) is 6.06. The van der Waals surface area contributed by atoms with E-state index >= 15 is 0 Å². The Morgan fingerprint density at radius 2 is 1.88 bits per heavy atom. The molecule has 0 spiro atoms. The van der Waals surface area contributed by atoms with E-state index in [9.17, 15) is 18.0 Å². The molecule has 1 aromatic rings. The summed E-state index contributed by atoms with van der Waals surface area (Å²) < 4.78 is 26.9. The minimum Gasteiger partial charge on any atom is -0.366 e. The van der Waals surface area contributed by atoms with Gasteiger partial charge in [-0.15, -0.1) is 0 Å². The number of benzene rings is 1. The number of rotatable bonds is 5. The van der Waals surface area contributed by atoms with E-state index in [1.54, 1.807) is 12.1 Å². The molecule has 1 atom stereocenters. The van der Waals surface area contributed by atoms with Crippen LogP contribution in [0.25, 0.3) is 0 Å². The van der Waals surface area contributed by atoms with Crippen LogP contribution >= 0.6 is 0 Å². The number of nitrogens with one attached hydrogen (secondary N) is 1. The predicted octanol–water partition coefficient (Wildman–Crippen LogP) is 0.242. The first-order valence-electron chi connectivity index (χ1n) is 7.60. The highest BCUT2D eigenvalue weighted by molar-refractivity contribution is 7.86. The zero-order valence-electron chi connectivity index (χ0n) is 13.7. The molecule has 9 heteroatoms. The van der Waals surface area contributed by atoms with Crippen LogP contribution in [0.15, 0.2) is 24.3 Å². The van der Waals surface area contributed by atoms with E-state index in [-0.39, 0.29) is 12.5 Å².